The van der Waals surface area contributed by atoms with Crippen molar-refractivity contribution in [3.8, 4) is 0 Å². The second-order valence-electron chi connectivity index (χ2n) is 5.49. The molecular weight excluding hydrogens is 288 g/mol. The number of carbonyl (C=O) groups excluding carboxylic acids is 1. The molecule has 4 nitrogen and oxygen atoms in total. The Kier molecular flexibility index (Phi) is 6.65. The quantitative estimate of drug-likeness (QED) is 0.877. The smallest absolute Gasteiger partial charge is 0.253 e. The highest BCUT2D eigenvalue weighted by Crippen LogP contribution is 2.27. The number of benzene rings is 1. The minimum atomic E-state index is -0.502. The summed E-state index contributed by atoms with van der Waals surface area (Å²) in [5.74, 6) is -0.0890. The highest BCUT2D eigenvalue weighted by atomic mass is 35.5. The Morgan fingerprint density at radius 2 is 2.05 bits per heavy atom. The molecular formula is C16H25ClN2O2. The van der Waals surface area contributed by atoms with E-state index >= 15 is 0 Å². The summed E-state index contributed by atoms with van der Waals surface area (Å²) >= 11 is 0. The molecule has 3 N–H and O–H groups in total. The van der Waals surface area contributed by atoms with Gasteiger partial charge in [-0.3, -0.25) is 4.79 Å². The van der Waals surface area contributed by atoms with Crippen molar-refractivity contribution >= 4 is 18.3 Å². The summed E-state index contributed by atoms with van der Waals surface area (Å²) in [6.45, 7) is 5.16. The molecule has 21 heavy (non-hydrogen) atoms. The first-order chi connectivity index (χ1) is 9.59. The van der Waals surface area contributed by atoms with Crippen LogP contribution in [0.25, 0.3) is 0 Å². The summed E-state index contributed by atoms with van der Waals surface area (Å²) in [6.07, 6.45) is 2.04. The van der Waals surface area contributed by atoms with Crippen LogP contribution in [0.4, 0.5) is 0 Å². The van der Waals surface area contributed by atoms with Gasteiger partial charge in [0.25, 0.3) is 5.91 Å². The Morgan fingerprint density at radius 3 is 2.71 bits per heavy atom. The van der Waals surface area contributed by atoms with E-state index in [-0.39, 0.29) is 23.9 Å². The van der Waals surface area contributed by atoms with E-state index in [2.05, 4.69) is 11.4 Å². The van der Waals surface area contributed by atoms with Crippen molar-refractivity contribution in [1.82, 2.24) is 5.32 Å². The van der Waals surface area contributed by atoms with Crippen LogP contribution in [0.2, 0.25) is 0 Å². The predicted octanol–water partition coefficient (Wildman–Crippen LogP) is 2.36. The molecule has 1 amide bonds. The first-order valence-electron chi connectivity index (χ1n) is 7.35. The minimum absolute atomic E-state index is 0. The monoisotopic (exact) mass is 312 g/mol. The lowest BCUT2D eigenvalue weighted by molar-refractivity contribution is -0.134. The van der Waals surface area contributed by atoms with Crippen LogP contribution in [0.1, 0.15) is 43.9 Å². The zero-order valence-corrected chi connectivity index (χ0v) is 13.5. The van der Waals surface area contributed by atoms with Crippen molar-refractivity contribution in [3.63, 3.8) is 0 Å². The van der Waals surface area contributed by atoms with Crippen LogP contribution in [0, 0.1) is 0 Å². The topological polar surface area (TPSA) is 64.3 Å². The second-order valence-corrected chi connectivity index (χ2v) is 5.49. The fourth-order valence-electron chi connectivity index (χ4n) is 2.47. The molecule has 1 aliphatic rings. The Balaban J connectivity index is 0.00000220. The van der Waals surface area contributed by atoms with Crippen LogP contribution in [0.15, 0.2) is 24.3 Å². The molecule has 0 saturated heterocycles. The molecule has 0 radical (unpaired) electrons. The van der Waals surface area contributed by atoms with Gasteiger partial charge >= 0.3 is 0 Å². The standard InChI is InChI=1S/C16H24N2O2.ClH/c1-3-16(17,4-2)11-18-15(19)14-13-8-6-5-7-12(13)9-10-20-14;/h5-8,14H,3-4,9-11,17H2,1-2H3,(H,18,19);1H. The number of nitrogens with two attached hydrogens (primary N) is 1. The summed E-state index contributed by atoms with van der Waals surface area (Å²) in [4.78, 5) is 12.3. The Hall–Kier alpha value is -1.10. The van der Waals surface area contributed by atoms with E-state index in [1.54, 1.807) is 0 Å². The summed E-state index contributed by atoms with van der Waals surface area (Å²) in [5.41, 5.74) is 8.06. The molecule has 0 spiro atoms. The van der Waals surface area contributed by atoms with Gasteiger partial charge in [-0.25, -0.2) is 0 Å². The van der Waals surface area contributed by atoms with Gasteiger partial charge in [0.15, 0.2) is 6.10 Å². The first-order valence-corrected chi connectivity index (χ1v) is 7.35. The second kappa shape index (κ2) is 7.78. The minimum Gasteiger partial charge on any atom is -0.363 e. The summed E-state index contributed by atoms with van der Waals surface area (Å²) < 4.78 is 5.65. The van der Waals surface area contributed by atoms with Gasteiger partial charge in [0.2, 0.25) is 0 Å². The zero-order chi connectivity index (χ0) is 14.6. The number of rotatable bonds is 5. The van der Waals surface area contributed by atoms with Gasteiger partial charge in [0.1, 0.15) is 0 Å². The van der Waals surface area contributed by atoms with Crippen molar-refractivity contribution in [3.05, 3.63) is 35.4 Å². The fourth-order valence-corrected chi connectivity index (χ4v) is 2.47. The summed E-state index contributed by atoms with van der Waals surface area (Å²) in [6, 6.07) is 7.97. The molecule has 0 fully saturated rings. The first kappa shape index (κ1) is 18.0. The largest absolute Gasteiger partial charge is 0.363 e. The van der Waals surface area contributed by atoms with E-state index in [4.69, 9.17) is 10.5 Å². The molecule has 2 rings (SSSR count). The number of fused-ring (bicyclic) bond motifs is 1. The zero-order valence-electron chi connectivity index (χ0n) is 12.7. The van der Waals surface area contributed by atoms with E-state index in [0.29, 0.717) is 13.2 Å². The molecule has 1 aliphatic heterocycles. The number of amides is 1. The SMILES string of the molecule is CCC(N)(CC)CNC(=O)C1OCCc2ccccc21.Cl. The molecule has 0 aliphatic carbocycles. The van der Waals surface area contributed by atoms with Crippen LogP contribution < -0.4 is 11.1 Å². The highest BCUT2D eigenvalue weighted by molar-refractivity contribution is 5.85. The maximum atomic E-state index is 12.3. The molecule has 0 bridgehead atoms. The number of hydrogen-bond acceptors (Lipinski definition) is 3. The maximum absolute atomic E-state index is 12.3. The molecule has 0 aromatic heterocycles. The Labute approximate surface area is 132 Å². The summed E-state index contributed by atoms with van der Waals surface area (Å²) in [7, 11) is 0. The van der Waals surface area contributed by atoms with Crippen molar-refractivity contribution in [1.29, 1.82) is 0 Å². The fraction of sp³-hybridized carbons (Fsp3) is 0.562. The summed E-state index contributed by atoms with van der Waals surface area (Å²) in [5, 5.41) is 2.95. The average Bonchev–Trinajstić information content (AvgIpc) is 2.51. The van der Waals surface area contributed by atoms with E-state index in [1.165, 1.54) is 5.56 Å². The molecule has 1 heterocycles. The van der Waals surface area contributed by atoms with Crippen molar-refractivity contribution in [2.24, 2.45) is 5.73 Å². The lowest BCUT2D eigenvalue weighted by atomic mass is 9.93. The van der Waals surface area contributed by atoms with E-state index in [0.717, 1.165) is 24.8 Å². The molecule has 5 heteroatoms. The third-order valence-electron chi connectivity index (χ3n) is 4.25. The third-order valence-corrected chi connectivity index (χ3v) is 4.25. The van der Waals surface area contributed by atoms with Gasteiger partial charge in [-0.05, 0) is 30.4 Å². The molecule has 1 aromatic carbocycles. The lowest BCUT2D eigenvalue weighted by Crippen LogP contribution is -2.50. The van der Waals surface area contributed by atoms with Gasteiger partial charge in [-0.15, -0.1) is 12.4 Å². The van der Waals surface area contributed by atoms with Crippen molar-refractivity contribution < 1.29 is 9.53 Å². The number of carbonyl (C=O) groups is 1. The number of halogens is 1. The van der Waals surface area contributed by atoms with E-state index in [9.17, 15) is 4.79 Å². The molecule has 0 saturated carbocycles. The van der Waals surface area contributed by atoms with Crippen LogP contribution in [0.3, 0.4) is 0 Å². The molecule has 1 unspecified atom stereocenters. The molecule has 1 aromatic rings. The van der Waals surface area contributed by atoms with Crippen LogP contribution in [-0.2, 0) is 16.0 Å². The molecule has 118 valence electrons. The highest BCUT2D eigenvalue weighted by Gasteiger charge is 2.29. The number of ether oxygens (including phenoxy) is 1. The molecule has 1 atom stereocenters. The van der Waals surface area contributed by atoms with Crippen LogP contribution >= 0.6 is 12.4 Å². The normalized spacial score (nSPS) is 17.6. The average molecular weight is 313 g/mol. The van der Waals surface area contributed by atoms with E-state index in [1.807, 2.05) is 32.0 Å². The van der Waals surface area contributed by atoms with Crippen LogP contribution in [0.5, 0.6) is 0 Å². The Morgan fingerprint density at radius 1 is 1.38 bits per heavy atom. The van der Waals surface area contributed by atoms with Gasteiger partial charge < -0.3 is 15.8 Å². The Bertz CT molecular complexity index is 475. The third kappa shape index (κ3) is 4.19. The van der Waals surface area contributed by atoms with Gasteiger partial charge in [-0.2, -0.15) is 0 Å². The predicted molar refractivity (Wildman–Crippen MR) is 86.6 cm³/mol. The van der Waals surface area contributed by atoms with Crippen molar-refractivity contribution in [2.75, 3.05) is 13.2 Å². The van der Waals surface area contributed by atoms with Gasteiger partial charge in [-0.1, -0.05) is 38.1 Å². The maximum Gasteiger partial charge on any atom is 0.253 e. The van der Waals surface area contributed by atoms with E-state index < -0.39 is 6.10 Å². The lowest BCUT2D eigenvalue weighted by Gasteiger charge is -2.29. The van der Waals surface area contributed by atoms with Crippen LogP contribution in [-0.4, -0.2) is 24.6 Å². The van der Waals surface area contributed by atoms with Gasteiger partial charge in [0, 0.05) is 12.1 Å². The van der Waals surface area contributed by atoms with Crippen molar-refractivity contribution in [2.45, 2.75) is 44.8 Å². The number of hydrogen-bond donors (Lipinski definition) is 2. The number of nitrogens with one attached hydrogen (secondary N) is 1. The van der Waals surface area contributed by atoms with Gasteiger partial charge in [0.05, 0.1) is 6.61 Å².